The van der Waals surface area contributed by atoms with Crippen LogP contribution in [0.25, 0.3) is 0 Å². The average molecular weight is 441 g/mol. The van der Waals surface area contributed by atoms with Crippen molar-refractivity contribution in [1.29, 1.82) is 0 Å². The van der Waals surface area contributed by atoms with Gasteiger partial charge in [0.2, 0.25) is 6.29 Å². The van der Waals surface area contributed by atoms with E-state index in [4.69, 9.17) is 9.47 Å². The molecule has 0 bridgehead atoms. The number of aliphatic hydroxyl groups excluding tert-OH is 1. The Morgan fingerprint density at radius 2 is 1.72 bits per heavy atom. The average Bonchev–Trinajstić information content (AvgIpc) is 2.83. The van der Waals surface area contributed by atoms with E-state index in [9.17, 15) is 14.3 Å². The summed E-state index contributed by atoms with van der Waals surface area (Å²) in [5.41, 5.74) is 2.70. The Balaban J connectivity index is 1.49. The molecule has 32 heavy (non-hydrogen) atoms. The molecular formula is C25H29FN2O4. The molecule has 1 N–H and O–H groups in total. The van der Waals surface area contributed by atoms with Crippen molar-refractivity contribution in [3.05, 3.63) is 82.9 Å². The largest absolute Gasteiger partial charge is 0.459 e. The number of amides is 1. The predicted molar refractivity (Wildman–Crippen MR) is 118 cm³/mol. The summed E-state index contributed by atoms with van der Waals surface area (Å²) in [6.45, 7) is 3.27. The molecule has 0 spiro atoms. The van der Waals surface area contributed by atoms with Crippen molar-refractivity contribution >= 4 is 5.91 Å². The van der Waals surface area contributed by atoms with E-state index < -0.39 is 6.29 Å². The van der Waals surface area contributed by atoms with E-state index in [-0.39, 0.29) is 30.0 Å². The van der Waals surface area contributed by atoms with Gasteiger partial charge in [0.05, 0.1) is 13.2 Å². The van der Waals surface area contributed by atoms with Gasteiger partial charge in [-0.1, -0.05) is 36.4 Å². The van der Waals surface area contributed by atoms with Crippen LogP contribution >= 0.6 is 0 Å². The number of carbonyl (C=O) groups excluding carboxylic acids is 1. The van der Waals surface area contributed by atoms with Crippen LogP contribution in [-0.4, -0.2) is 60.3 Å². The van der Waals surface area contributed by atoms with Crippen molar-refractivity contribution in [2.45, 2.75) is 31.8 Å². The standard InChI is InChI=1S/C25H29FN2O4/c1-27-10-12-28(13-11-27)25(30)23-14-21(20-6-8-22(26)9-7-20)15-24(32-23)31-17-19-4-2-18(16-29)3-5-19/h2-9,14,21,24,29H,10-13,15-17H2,1H3/t21-,24+/m0/s1. The Morgan fingerprint density at radius 1 is 1.06 bits per heavy atom. The van der Waals surface area contributed by atoms with Crippen LogP contribution in [0.2, 0.25) is 0 Å². The van der Waals surface area contributed by atoms with Crippen molar-refractivity contribution in [1.82, 2.24) is 9.80 Å². The highest BCUT2D eigenvalue weighted by Gasteiger charge is 2.32. The summed E-state index contributed by atoms with van der Waals surface area (Å²) in [5.74, 6) is -0.253. The first-order chi connectivity index (χ1) is 15.5. The predicted octanol–water partition coefficient (Wildman–Crippen LogP) is 3.02. The van der Waals surface area contributed by atoms with E-state index in [1.807, 2.05) is 42.3 Å². The number of benzene rings is 2. The van der Waals surface area contributed by atoms with Crippen LogP contribution in [0.3, 0.4) is 0 Å². The fraction of sp³-hybridized carbons (Fsp3) is 0.400. The van der Waals surface area contributed by atoms with Gasteiger partial charge in [-0.3, -0.25) is 4.79 Å². The van der Waals surface area contributed by atoms with E-state index in [0.717, 1.165) is 29.8 Å². The molecule has 0 aromatic heterocycles. The summed E-state index contributed by atoms with van der Waals surface area (Å²) < 4.78 is 25.4. The third-order valence-electron chi connectivity index (χ3n) is 6.00. The van der Waals surface area contributed by atoms with Crippen LogP contribution in [0.1, 0.15) is 29.0 Å². The third-order valence-corrected chi connectivity index (χ3v) is 6.00. The zero-order valence-electron chi connectivity index (χ0n) is 18.2. The monoisotopic (exact) mass is 440 g/mol. The Hall–Kier alpha value is -2.74. The van der Waals surface area contributed by atoms with Crippen molar-refractivity contribution in [3.63, 3.8) is 0 Å². The molecule has 0 radical (unpaired) electrons. The van der Waals surface area contributed by atoms with Crippen LogP contribution in [0, 0.1) is 5.82 Å². The van der Waals surface area contributed by atoms with Crippen LogP contribution < -0.4 is 0 Å². The van der Waals surface area contributed by atoms with E-state index in [2.05, 4.69) is 4.90 Å². The molecule has 2 aliphatic rings. The molecule has 0 aliphatic carbocycles. The number of halogens is 1. The van der Waals surface area contributed by atoms with Crippen molar-refractivity contribution in [3.8, 4) is 0 Å². The highest BCUT2D eigenvalue weighted by atomic mass is 19.1. The number of carbonyl (C=O) groups is 1. The normalized spacial score (nSPS) is 21.7. The van der Waals surface area contributed by atoms with Gasteiger partial charge in [0, 0.05) is 38.5 Å². The summed E-state index contributed by atoms with van der Waals surface area (Å²) in [7, 11) is 2.04. The van der Waals surface area contributed by atoms with Gasteiger partial charge in [0.15, 0.2) is 5.76 Å². The quantitative estimate of drug-likeness (QED) is 0.748. The van der Waals surface area contributed by atoms with Gasteiger partial charge in [-0.05, 0) is 41.9 Å². The maximum absolute atomic E-state index is 13.4. The van der Waals surface area contributed by atoms with E-state index in [0.29, 0.717) is 26.1 Å². The van der Waals surface area contributed by atoms with E-state index in [1.165, 1.54) is 12.1 Å². The summed E-state index contributed by atoms with van der Waals surface area (Å²) >= 11 is 0. The maximum Gasteiger partial charge on any atom is 0.288 e. The number of nitrogens with zero attached hydrogens (tertiary/aromatic N) is 2. The minimum Gasteiger partial charge on any atom is -0.459 e. The topological polar surface area (TPSA) is 62.2 Å². The summed E-state index contributed by atoms with van der Waals surface area (Å²) in [6, 6.07) is 13.8. The molecule has 7 heteroatoms. The third kappa shape index (κ3) is 5.54. The van der Waals surface area contributed by atoms with Crippen LogP contribution in [-0.2, 0) is 27.5 Å². The zero-order valence-corrected chi connectivity index (χ0v) is 18.2. The Kier molecular flexibility index (Phi) is 7.19. The van der Waals surface area contributed by atoms with Gasteiger partial charge < -0.3 is 24.4 Å². The first kappa shape index (κ1) is 22.5. The molecule has 170 valence electrons. The first-order valence-corrected chi connectivity index (χ1v) is 10.9. The van der Waals surface area contributed by atoms with Crippen LogP contribution in [0.15, 0.2) is 60.4 Å². The first-order valence-electron chi connectivity index (χ1n) is 10.9. The second kappa shape index (κ2) is 10.3. The SMILES string of the molecule is CN1CCN(C(=O)C2=C[C@H](c3ccc(F)cc3)C[C@H](OCc3ccc(CO)cc3)O2)CC1. The molecule has 2 aromatic rings. The van der Waals surface area contributed by atoms with Crippen molar-refractivity contribution < 1.29 is 23.8 Å². The second-order valence-corrected chi connectivity index (χ2v) is 8.35. The number of rotatable bonds is 6. The number of piperazine rings is 1. The molecule has 0 unspecified atom stereocenters. The Bertz CT molecular complexity index is 937. The fourth-order valence-corrected chi connectivity index (χ4v) is 3.95. The molecule has 2 heterocycles. The lowest BCUT2D eigenvalue weighted by Crippen LogP contribution is -2.48. The lowest BCUT2D eigenvalue weighted by Gasteiger charge is -2.35. The van der Waals surface area contributed by atoms with Crippen molar-refractivity contribution in [2.75, 3.05) is 33.2 Å². The molecule has 1 amide bonds. The highest BCUT2D eigenvalue weighted by Crippen LogP contribution is 2.32. The molecular weight excluding hydrogens is 411 g/mol. The minimum atomic E-state index is -0.598. The molecule has 1 fully saturated rings. The number of hydrogen-bond acceptors (Lipinski definition) is 5. The molecule has 6 nitrogen and oxygen atoms in total. The second-order valence-electron chi connectivity index (χ2n) is 8.35. The van der Waals surface area contributed by atoms with Crippen LogP contribution in [0.4, 0.5) is 4.39 Å². The van der Waals surface area contributed by atoms with Crippen LogP contribution in [0.5, 0.6) is 0 Å². The Morgan fingerprint density at radius 3 is 2.38 bits per heavy atom. The number of hydrogen-bond donors (Lipinski definition) is 1. The van der Waals surface area contributed by atoms with Crippen molar-refractivity contribution in [2.24, 2.45) is 0 Å². The minimum absolute atomic E-state index is 0.00518. The zero-order chi connectivity index (χ0) is 22.5. The Labute approximate surface area is 187 Å². The lowest BCUT2D eigenvalue weighted by atomic mass is 9.92. The number of likely N-dealkylation sites (N-methyl/N-ethyl adjacent to an activating group) is 1. The molecule has 2 aromatic carbocycles. The van der Waals surface area contributed by atoms with Gasteiger partial charge in [-0.25, -0.2) is 4.39 Å². The smallest absolute Gasteiger partial charge is 0.288 e. The summed E-state index contributed by atoms with van der Waals surface area (Å²) in [4.78, 5) is 17.2. The molecule has 2 atom stereocenters. The van der Waals surface area contributed by atoms with Gasteiger partial charge in [-0.2, -0.15) is 0 Å². The van der Waals surface area contributed by atoms with E-state index >= 15 is 0 Å². The fourth-order valence-electron chi connectivity index (χ4n) is 3.95. The van der Waals surface area contributed by atoms with Gasteiger partial charge in [-0.15, -0.1) is 0 Å². The van der Waals surface area contributed by atoms with Gasteiger partial charge in [0.25, 0.3) is 5.91 Å². The maximum atomic E-state index is 13.4. The molecule has 4 rings (SSSR count). The van der Waals surface area contributed by atoms with E-state index in [1.54, 1.807) is 12.1 Å². The number of allylic oxidation sites excluding steroid dienone is 1. The number of aliphatic hydroxyl groups is 1. The molecule has 0 saturated carbocycles. The summed E-state index contributed by atoms with van der Waals surface area (Å²) in [6.07, 6.45) is 1.77. The number of ether oxygens (including phenoxy) is 2. The van der Waals surface area contributed by atoms with Gasteiger partial charge >= 0.3 is 0 Å². The molecule has 2 aliphatic heterocycles. The highest BCUT2D eigenvalue weighted by molar-refractivity contribution is 5.91. The summed E-state index contributed by atoms with van der Waals surface area (Å²) in [5, 5.41) is 9.20. The van der Waals surface area contributed by atoms with Gasteiger partial charge in [0.1, 0.15) is 5.82 Å². The lowest BCUT2D eigenvalue weighted by molar-refractivity contribution is -0.156. The molecule has 1 saturated heterocycles.